The summed E-state index contributed by atoms with van der Waals surface area (Å²) in [4.78, 5) is 25.1. The van der Waals surface area contributed by atoms with Crippen molar-refractivity contribution in [1.82, 2.24) is 9.55 Å². The second-order valence-corrected chi connectivity index (χ2v) is 4.77. The fourth-order valence-corrected chi connectivity index (χ4v) is 1.99. The first kappa shape index (κ1) is 13.0. The van der Waals surface area contributed by atoms with E-state index >= 15 is 0 Å². The van der Waals surface area contributed by atoms with Crippen LogP contribution in [0.2, 0.25) is 0 Å². The first-order chi connectivity index (χ1) is 8.37. The van der Waals surface area contributed by atoms with Gasteiger partial charge in [0.25, 0.3) is 5.56 Å². The third-order valence-corrected chi connectivity index (χ3v) is 3.31. The van der Waals surface area contributed by atoms with Crippen LogP contribution in [-0.2, 0) is 4.74 Å². The summed E-state index contributed by atoms with van der Waals surface area (Å²) in [6.07, 6.45) is 0.0104. The van der Waals surface area contributed by atoms with Gasteiger partial charge in [0.2, 0.25) is 0 Å². The molecule has 0 amide bonds. The maximum atomic E-state index is 11.7. The second kappa shape index (κ2) is 4.34. The molecule has 3 N–H and O–H groups in total. The van der Waals surface area contributed by atoms with Crippen LogP contribution in [0.15, 0.2) is 15.8 Å². The Morgan fingerprint density at radius 2 is 2.28 bits per heavy atom. The standard InChI is InChI=1S/C11H16N2O5/c1-6-4-13(10(17)12-9(6)16)8-3-7(15)11(2,5-14)18-8/h4,7-8,14-15H,3,5H2,1-2H3,(H,12,16,17). The molecule has 1 aromatic rings. The first-order valence-electron chi connectivity index (χ1n) is 5.66. The SMILES string of the molecule is Cc1cn(C2CC(O)C(C)(CO)O2)c(=O)[nH]c1=O. The summed E-state index contributed by atoms with van der Waals surface area (Å²) in [5.74, 6) is 0. The third kappa shape index (κ3) is 2.00. The van der Waals surface area contributed by atoms with E-state index in [1.165, 1.54) is 10.8 Å². The highest BCUT2D eigenvalue weighted by Gasteiger charge is 2.45. The molecule has 1 aliphatic heterocycles. The smallest absolute Gasteiger partial charge is 0.330 e. The van der Waals surface area contributed by atoms with Crippen LogP contribution in [0.3, 0.4) is 0 Å². The minimum atomic E-state index is -1.09. The Hall–Kier alpha value is -1.44. The number of aromatic amines is 1. The third-order valence-electron chi connectivity index (χ3n) is 3.31. The Morgan fingerprint density at radius 3 is 2.83 bits per heavy atom. The largest absolute Gasteiger partial charge is 0.393 e. The van der Waals surface area contributed by atoms with Gasteiger partial charge in [0.05, 0.1) is 12.7 Å². The number of aromatic nitrogens is 2. The number of H-pyrrole nitrogens is 1. The fourth-order valence-electron chi connectivity index (χ4n) is 1.99. The van der Waals surface area contributed by atoms with E-state index in [9.17, 15) is 19.8 Å². The van der Waals surface area contributed by atoms with Crippen molar-refractivity contribution in [2.45, 2.75) is 38.2 Å². The quantitative estimate of drug-likeness (QED) is 0.621. The molecule has 7 nitrogen and oxygen atoms in total. The lowest BCUT2D eigenvalue weighted by Crippen LogP contribution is -2.40. The molecule has 1 aliphatic rings. The molecule has 1 fully saturated rings. The predicted molar refractivity (Wildman–Crippen MR) is 62.3 cm³/mol. The number of nitrogens with one attached hydrogen (secondary N) is 1. The maximum Gasteiger partial charge on any atom is 0.330 e. The lowest BCUT2D eigenvalue weighted by atomic mass is 10.0. The molecule has 0 bridgehead atoms. The van der Waals surface area contributed by atoms with E-state index in [1.54, 1.807) is 13.8 Å². The van der Waals surface area contributed by atoms with Gasteiger partial charge < -0.3 is 14.9 Å². The van der Waals surface area contributed by atoms with Crippen LogP contribution >= 0.6 is 0 Å². The molecule has 0 aliphatic carbocycles. The monoisotopic (exact) mass is 256 g/mol. The van der Waals surface area contributed by atoms with Crippen LogP contribution in [0.5, 0.6) is 0 Å². The number of rotatable bonds is 2. The summed E-state index contributed by atoms with van der Waals surface area (Å²) in [6.45, 7) is 2.80. The highest BCUT2D eigenvalue weighted by Crippen LogP contribution is 2.35. The number of aliphatic hydroxyl groups is 2. The molecular formula is C11H16N2O5. The van der Waals surface area contributed by atoms with Gasteiger partial charge in [-0.05, 0) is 13.8 Å². The highest BCUT2D eigenvalue weighted by molar-refractivity contribution is 5.02. The molecule has 3 atom stereocenters. The molecule has 1 aromatic heterocycles. The van der Waals surface area contributed by atoms with E-state index in [2.05, 4.69) is 4.98 Å². The molecule has 0 spiro atoms. The Labute approximate surface area is 103 Å². The number of nitrogens with zero attached hydrogens (tertiary/aromatic N) is 1. The maximum absolute atomic E-state index is 11.7. The van der Waals surface area contributed by atoms with Crippen LogP contribution in [0.25, 0.3) is 0 Å². The zero-order valence-corrected chi connectivity index (χ0v) is 10.2. The van der Waals surface area contributed by atoms with Gasteiger partial charge in [-0.15, -0.1) is 0 Å². The molecule has 0 radical (unpaired) electrons. The zero-order chi connectivity index (χ0) is 13.5. The lowest BCUT2D eigenvalue weighted by molar-refractivity contribution is -0.116. The Morgan fingerprint density at radius 1 is 1.61 bits per heavy atom. The van der Waals surface area contributed by atoms with Crippen LogP contribution in [-0.4, -0.2) is 38.1 Å². The van der Waals surface area contributed by atoms with Crippen LogP contribution < -0.4 is 11.2 Å². The summed E-state index contributed by atoms with van der Waals surface area (Å²) in [6, 6.07) is 0. The van der Waals surface area contributed by atoms with Gasteiger partial charge in [-0.3, -0.25) is 14.3 Å². The van der Waals surface area contributed by atoms with Crippen LogP contribution in [0.1, 0.15) is 25.1 Å². The minimum Gasteiger partial charge on any atom is -0.393 e. The minimum absolute atomic E-state index is 0.183. The Balaban J connectivity index is 2.38. The van der Waals surface area contributed by atoms with Gasteiger partial charge in [-0.25, -0.2) is 4.79 Å². The average Bonchev–Trinajstić information content (AvgIpc) is 2.61. The predicted octanol–water partition coefficient (Wildman–Crippen LogP) is -1.12. The van der Waals surface area contributed by atoms with Crippen LogP contribution in [0, 0.1) is 6.92 Å². The Bertz CT molecular complexity index is 563. The molecule has 2 rings (SSSR count). The van der Waals surface area contributed by atoms with E-state index in [1.807, 2.05) is 0 Å². The van der Waals surface area contributed by atoms with Crippen molar-refractivity contribution in [2.75, 3.05) is 6.61 Å². The number of hydrogen-bond acceptors (Lipinski definition) is 5. The van der Waals surface area contributed by atoms with E-state index in [0.29, 0.717) is 5.56 Å². The van der Waals surface area contributed by atoms with Gasteiger partial charge in [0.1, 0.15) is 11.8 Å². The number of ether oxygens (including phenoxy) is 1. The zero-order valence-electron chi connectivity index (χ0n) is 10.2. The van der Waals surface area contributed by atoms with Gasteiger partial charge in [0.15, 0.2) is 0 Å². The molecule has 3 unspecified atom stereocenters. The summed E-state index contributed by atoms with van der Waals surface area (Å²) < 4.78 is 6.74. The van der Waals surface area contributed by atoms with Gasteiger partial charge in [-0.1, -0.05) is 0 Å². The summed E-state index contributed by atoms with van der Waals surface area (Å²) in [5.41, 5.74) is -1.75. The summed E-state index contributed by atoms with van der Waals surface area (Å²) in [5, 5.41) is 19.0. The van der Waals surface area contributed by atoms with Crippen molar-refractivity contribution in [2.24, 2.45) is 0 Å². The molecular weight excluding hydrogens is 240 g/mol. The van der Waals surface area contributed by atoms with E-state index in [-0.39, 0.29) is 13.0 Å². The molecule has 100 valence electrons. The Kier molecular flexibility index (Phi) is 3.14. The molecule has 7 heteroatoms. The summed E-state index contributed by atoms with van der Waals surface area (Å²) >= 11 is 0. The molecule has 2 heterocycles. The normalized spacial score (nSPS) is 31.8. The van der Waals surface area contributed by atoms with Gasteiger partial charge >= 0.3 is 5.69 Å². The van der Waals surface area contributed by atoms with Gasteiger partial charge in [-0.2, -0.15) is 0 Å². The lowest BCUT2D eigenvalue weighted by Gasteiger charge is -2.25. The van der Waals surface area contributed by atoms with Crippen molar-refractivity contribution in [3.8, 4) is 0 Å². The van der Waals surface area contributed by atoms with Crippen molar-refractivity contribution in [1.29, 1.82) is 0 Å². The van der Waals surface area contributed by atoms with Crippen molar-refractivity contribution in [3.63, 3.8) is 0 Å². The molecule has 18 heavy (non-hydrogen) atoms. The molecule has 0 aromatic carbocycles. The number of hydrogen-bond donors (Lipinski definition) is 3. The van der Waals surface area contributed by atoms with Crippen LogP contribution in [0.4, 0.5) is 0 Å². The van der Waals surface area contributed by atoms with Crippen molar-refractivity contribution >= 4 is 0 Å². The van der Waals surface area contributed by atoms with Crippen molar-refractivity contribution in [3.05, 3.63) is 32.6 Å². The van der Waals surface area contributed by atoms with E-state index in [0.717, 1.165) is 0 Å². The molecule has 0 saturated carbocycles. The fraction of sp³-hybridized carbons (Fsp3) is 0.636. The summed E-state index contributed by atoms with van der Waals surface area (Å²) in [7, 11) is 0. The highest BCUT2D eigenvalue weighted by atomic mass is 16.6. The average molecular weight is 256 g/mol. The topological polar surface area (TPSA) is 105 Å². The van der Waals surface area contributed by atoms with Crippen molar-refractivity contribution < 1.29 is 14.9 Å². The second-order valence-electron chi connectivity index (χ2n) is 4.77. The number of aryl methyl sites for hydroxylation is 1. The van der Waals surface area contributed by atoms with Gasteiger partial charge in [0, 0.05) is 18.2 Å². The van der Waals surface area contributed by atoms with E-state index in [4.69, 9.17) is 4.74 Å². The number of aliphatic hydroxyl groups excluding tert-OH is 2. The molecule has 1 saturated heterocycles. The van der Waals surface area contributed by atoms with E-state index < -0.39 is 29.2 Å². The first-order valence-corrected chi connectivity index (χ1v) is 5.66.